The molecule has 1 aliphatic rings. The number of hydrogen-bond acceptors (Lipinski definition) is 7. The molecule has 0 fully saturated rings. The molecular weight excluding hydrogens is 318 g/mol. The summed E-state index contributed by atoms with van der Waals surface area (Å²) in [7, 11) is 3.75. The van der Waals surface area contributed by atoms with E-state index in [1.807, 2.05) is 21.0 Å². The van der Waals surface area contributed by atoms with E-state index in [0.717, 1.165) is 4.90 Å². The lowest BCUT2D eigenvalue weighted by atomic mass is 10.1. The van der Waals surface area contributed by atoms with E-state index in [4.69, 9.17) is 4.74 Å². The third-order valence-corrected chi connectivity index (χ3v) is 2.98. The predicted octanol–water partition coefficient (Wildman–Crippen LogP) is 1.12. The molecule has 132 valence electrons. The van der Waals surface area contributed by atoms with Gasteiger partial charge in [-0.3, -0.25) is 14.5 Å². The molecule has 1 N–H and O–H groups in total. The quantitative estimate of drug-likeness (QED) is 0.343. The van der Waals surface area contributed by atoms with Crippen LogP contribution in [0.3, 0.4) is 0 Å². The molecule has 1 aromatic rings. The van der Waals surface area contributed by atoms with Crippen molar-refractivity contribution in [3.05, 3.63) is 39.4 Å². The molecule has 0 aromatic heterocycles. The van der Waals surface area contributed by atoms with E-state index in [-0.39, 0.29) is 19.6 Å². The van der Waals surface area contributed by atoms with Gasteiger partial charge in [0.1, 0.15) is 5.75 Å². The van der Waals surface area contributed by atoms with Gasteiger partial charge in [-0.05, 0) is 45.6 Å². The van der Waals surface area contributed by atoms with Crippen molar-refractivity contribution in [2.45, 2.75) is 13.3 Å². The van der Waals surface area contributed by atoms with Gasteiger partial charge in [0.05, 0.1) is 24.3 Å². The van der Waals surface area contributed by atoms with Crippen molar-refractivity contribution < 1.29 is 24.3 Å². The molecule has 2 rings (SSSR count). The van der Waals surface area contributed by atoms with Gasteiger partial charge in [0.2, 0.25) is 0 Å². The van der Waals surface area contributed by atoms with Crippen LogP contribution in [0.2, 0.25) is 0 Å². The smallest absolute Gasteiger partial charge is 0.294 e. The van der Waals surface area contributed by atoms with E-state index < -0.39 is 16.9 Å². The number of rotatable bonds is 7. The maximum atomic E-state index is 12.2. The third kappa shape index (κ3) is 4.92. The average molecular weight is 339 g/mol. The van der Waals surface area contributed by atoms with Crippen molar-refractivity contribution in [1.29, 1.82) is 0 Å². The molecule has 9 nitrogen and oxygen atoms in total. The molecule has 0 aliphatic carbocycles. The summed E-state index contributed by atoms with van der Waals surface area (Å²) in [5.41, 5.74) is 0.611. The van der Waals surface area contributed by atoms with Crippen molar-refractivity contribution >= 4 is 11.8 Å². The summed E-state index contributed by atoms with van der Waals surface area (Å²) in [5, 5.41) is 11.9. The van der Waals surface area contributed by atoms with Gasteiger partial charge in [0, 0.05) is 6.54 Å². The minimum absolute atomic E-state index is 0.0736. The topological polar surface area (TPSA) is 111 Å². The number of carbonyl (C=O) groups is 2. The molecule has 9 heteroatoms. The van der Waals surface area contributed by atoms with Crippen LogP contribution in [0.25, 0.3) is 0 Å². The van der Waals surface area contributed by atoms with Gasteiger partial charge in [-0.1, -0.05) is 0 Å². The van der Waals surface area contributed by atoms with Crippen molar-refractivity contribution in [3.8, 4) is 5.75 Å². The van der Waals surface area contributed by atoms with E-state index in [9.17, 15) is 19.7 Å². The maximum absolute atomic E-state index is 12.2. The highest BCUT2D eigenvalue weighted by Crippen LogP contribution is 2.26. The van der Waals surface area contributed by atoms with Crippen LogP contribution in [-0.2, 0) is 4.84 Å². The summed E-state index contributed by atoms with van der Waals surface area (Å²) in [5.74, 6) is -0.298. The lowest BCUT2D eigenvalue weighted by molar-refractivity contribution is -0.757. The van der Waals surface area contributed by atoms with Gasteiger partial charge in [-0.2, -0.15) is 0 Å². The lowest BCUT2D eigenvalue weighted by Crippen LogP contribution is -2.31. The first-order chi connectivity index (χ1) is 11.5. The average Bonchev–Trinajstić information content (AvgIpc) is 2.76. The molecular formula is C15H21N3O6. The minimum atomic E-state index is -0.906. The van der Waals surface area contributed by atoms with E-state index in [0.29, 0.717) is 23.5 Å². The minimum Gasteiger partial charge on any atom is -0.494 e. The molecule has 0 radical (unpaired) electrons. The van der Waals surface area contributed by atoms with E-state index >= 15 is 0 Å². The molecule has 0 saturated heterocycles. The molecule has 0 bridgehead atoms. The van der Waals surface area contributed by atoms with Gasteiger partial charge >= 0.3 is 0 Å². The third-order valence-electron chi connectivity index (χ3n) is 2.98. The Balaban J connectivity index is 0.000000891. The summed E-state index contributed by atoms with van der Waals surface area (Å²) >= 11 is 0. The maximum Gasteiger partial charge on any atom is 0.294 e. The van der Waals surface area contributed by atoms with Crippen LogP contribution >= 0.6 is 0 Å². The van der Waals surface area contributed by atoms with Gasteiger partial charge in [0.15, 0.2) is 0 Å². The van der Waals surface area contributed by atoms with Crippen LogP contribution in [0, 0.1) is 10.1 Å². The summed E-state index contributed by atoms with van der Waals surface area (Å²) < 4.78 is 5.30. The van der Waals surface area contributed by atoms with Crippen molar-refractivity contribution in [3.63, 3.8) is 0 Å². The molecule has 0 unspecified atom stereocenters. The molecule has 1 aromatic carbocycles. The largest absolute Gasteiger partial charge is 0.494 e. The predicted molar refractivity (Wildman–Crippen MR) is 85.5 cm³/mol. The number of ether oxygens (including phenoxy) is 1. The Kier molecular flexibility index (Phi) is 7.63. The van der Waals surface area contributed by atoms with Crippen LogP contribution in [0.15, 0.2) is 18.2 Å². The summed E-state index contributed by atoms with van der Waals surface area (Å²) in [6, 6.07) is 4.72. The number of nitrogens with zero attached hydrogens (tertiary/aromatic N) is 2. The second kappa shape index (κ2) is 9.46. The fourth-order valence-corrected chi connectivity index (χ4v) is 2.09. The van der Waals surface area contributed by atoms with Crippen LogP contribution in [0.5, 0.6) is 5.75 Å². The monoisotopic (exact) mass is 339 g/mol. The Bertz CT molecular complexity index is 605. The zero-order valence-electron chi connectivity index (χ0n) is 13.9. The Hall–Kier alpha value is -2.68. The highest BCUT2D eigenvalue weighted by Gasteiger charge is 2.35. The fraction of sp³-hybridized carbons (Fsp3) is 0.467. The molecule has 0 saturated carbocycles. The molecule has 0 spiro atoms. The number of fused-ring (bicyclic) bond motifs is 1. The van der Waals surface area contributed by atoms with Crippen LogP contribution in [-0.4, -0.2) is 55.7 Å². The highest BCUT2D eigenvalue weighted by molar-refractivity contribution is 6.21. The standard InChI is InChI=1S/C13H14N2O6.C2H7N/c1-2-20-9-4-5-10-11(8-9)13(17)14(12(10)16)6-3-7-21-15(18)19;1-3-2/h4-5,8H,2-3,6-7H2,1H3;3H,1-2H3. The lowest BCUT2D eigenvalue weighted by Gasteiger charge is -2.12. The summed E-state index contributed by atoms with van der Waals surface area (Å²) in [6.45, 7) is 2.19. The SMILES string of the molecule is CCOc1ccc2c(c1)C(=O)N(CCCO[N+](=O)[O-])C2=O.CNC. The second-order valence-corrected chi connectivity index (χ2v) is 4.81. The second-order valence-electron chi connectivity index (χ2n) is 4.81. The number of benzene rings is 1. The molecule has 2 amide bonds. The van der Waals surface area contributed by atoms with Gasteiger partial charge in [-0.15, -0.1) is 10.1 Å². The molecule has 0 atom stereocenters. The van der Waals surface area contributed by atoms with E-state index in [1.165, 1.54) is 6.07 Å². The zero-order chi connectivity index (χ0) is 18.1. The Morgan fingerprint density at radius 2 is 1.83 bits per heavy atom. The van der Waals surface area contributed by atoms with Gasteiger partial charge in [0.25, 0.3) is 16.9 Å². The number of imide groups is 1. The van der Waals surface area contributed by atoms with Crippen molar-refractivity contribution in [2.75, 3.05) is 33.9 Å². The number of carbonyl (C=O) groups excluding carboxylic acids is 2. The summed E-state index contributed by atoms with van der Waals surface area (Å²) in [4.78, 5) is 39.5. The van der Waals surface area contributed by atoms with Gasteiger partial charge in [-0.25, -0.2) is 0 Å². The number of nitrogens with one attached hydrogen (secondary N) is 1. The molecule has 24 heavy (non-hydrogen) atoms. The van der Waals surface area contributed by atoms with Crippen molar-refractivity contribution in [1.82, 2.24) is 10.2 Å². The number of hydrogen-bond donors (Lipinski definition) is 1. The zero-order valence-corrected chi connectivity index (χ0v) is 13.9. The summed E-state index contributed by atoms with van der Waals surface area (Å²) in [6.07, 6.45) is 0.199. The Labute approximate surface area is 139 Å². The first-order valence-electron chi connectivity index (χ1n) is 7.45. The first-order valence-corrected chi connectivity index (χ1v) is 7.45. The van der Waals surface area contributed by atoms with Crippen LogP contribution in [0.4, 0.5) is 0 Å². The Morgan fingerprint density at radius 3 is 2.42 bits per heavy atom. The van der Waals surface area contributed by atoms with Crippen LogP contribution in [0.1, 0.15) is 34.1 Å². The van der Waals surface area contributed by atoms with E-state index in [2.05, 4.69) is 10.2 Å². The molecule has 1 aliphatic heterocycles. The normalized spacial score (nSPS) is 12.4. The first kappa shape index (κ1) is 19.4. The van der Waals surface area contributed by atoms with Crippen molar-refractivity contribution in [2.24, 2.45) is 0 Å². The molecule has 1 heterocycles. The number of amides is 2. The fourth-order valence-electron chi connectivity index (χ4n) is 2.09. The highest BCUT2D eigenvalue weighted by atomic mass is 16.9. The van der Waals surface area contributed by atoms with Gasteiger partial charge < -0.3 is 14.9 Å². The van der Waals surface area contributed by atoms with E-state index in [1.54, 1.807) is 12.1 Å². The Morgan fingerprint density at radius 1 is 1.21 bits per heavy atom. The van der Waals surface area contributed by atoms with Crippen LogP contribution < -0.4 is 10.1 Å².